The molecule has 86 valence electrons. The first kappa shape index (κ1) is 13.2. The first-order valence-electron chi connectivity index (χ1n) is 3.67. The molecule has 1 aromatic heterocycles. The number of hydrogen-bond acceptors (Lipinski definition) is 4. The van der Waals surface area contributed by atoms with Crippen LogP contribution in [-0.2, 0) is 0 Å². The van der Waals surface area contributed by atoms with Crippen molar-refractivity contribution < 1.29 is 18.5 Å². The van der Waals surface area contributed by atoms with Gasteiger partial charge < -0.3 is 10.1 Å². The van der Waals surface area contributed by atoms with Gasteiger partial charge in [-0.15, -0.1) is 0 Å². The first-order chi connectivity index (χ1) is 7.36. The van der Waals surface area contributed by atoms with Crippen LogP contribution in [0.25, 0.3) is 0 Å². The van der Waals surface area contributed by atoms with Gasteiger partial charge in [0.1, 0.15) is 11.8 Å². The number of nitrogens with zero attached hydrogens (tertiary/aromatic N) is 2. The van der Waals surface area contributed by atoms with Crippen LogP contribution >= 0.6 is 34.2 Å². The van der Waals surface area contributed by atoms with Gasteiger partial charge in [0.2, 0.25) is 0 Å². The Labute approximate surface area is 106 Å². The van der Waals surface area contributed by atoms with E-state index in [0.29, 0.717) is 6.20 Å². The molecule has 5 nitrogen and oxygen atoms in total. The van der Waals surface area contributed by atoms with E-state index in [-0.39, 0.29) is 3.57 Å². The molecule has 0 saturated carbocycles. The van der Waals surface area contributed by atoms with Crippen molar-refractivity contribution in [3.05, 3.63) is 31.0 Å². The number of alkyl halides is 2. The number of hydrogen-bond donors (Lipinski definition) is 0. The SMILES string of the molecule is O=C(Cl)c1c([N+](=O)[O-])ncc(C(F)F)c1I. The molecule has 0 aromatic carbocycles. The average molecular weight is 362 g/mol. The van der Waals surface area contributed by atoms with Crippen LogP contribution in [0.2, 0.25) is 0 Å². The Morgan fingerprint density at radius 2 is 2.19 bits per heavy atom. The summed E-state index contributed by atoms with van der Waals surface area (Å²) in [4.78, 5) is 23.7. The lowest BCUT2D eigenvalue weighted by atomic mass is 10.2. The largest absolute Gasteiger partial charge is 0.376 e. The highest BCUT2D eigenvalue weighted by Gasteiger charge is 2.29. The van der Waals surface area contributed by atoms with Crippen LogP contribution in [0.3, 0.4) is 0 Å². The molecule has 16 heavy (non-hydrogen) atoms. The number of nitro groups is 1. The van der Waals surface area contributed by atoms with Crippen LogP contribution in [0.15, 0.2) is 6.20 Å². The summed E-state index contributed by atoms with van der Waals surface area (Å²) in [7, 11) is 0. The molecule has 0 aliphatic heterocycles. The Kier molecular flexibility index (Phi) is 4.08. The maximum Gasteiger partial charge on any atom is 0.376 e. The van der Waals surface area contributed by atoms with E-state index in [1.165, 1.54) is 22.6 Å². The molecule has 0 N–H and O–H groups in total. The summed E-state index contributed by atoms with van der Waals surface area (Å²) in [5.74, 6) is -0.825. The van der Waals surface area contributed by atoms with E-state index in [1.807, 2.05) is 0 Å². The standard InChI is InChI=1S/C7H2ClF2IN2O3/c8-5(14)3-4(11)2(6(9)10)1-12-7(3)13(15)16/h1,6H. The number of carbonyl (C=O) groups is 1. The predicted octanol–water partition coefficient (Wildman–Crippen LogP) is 2.91. The lowest BCUT2D eigenvalue weighted by Crippen LogP contribution is -2.07. The zero-order valence-electron chi connectivity index (χ0n) is 7.29. The molecule has 0 spiro atoms. The average Bonchev–Trinajstić information content (AvgIpc) is 2.15. The van der Waals surface area contributed by atoms with Gasteiger partial charge in [-0.25, -0.2) is 8.78 Å². The van der Waals surface area contributed by atoms with Crippen molar-refractivity contribution in [1.29, 1.82) is 0 Å². The third-order valence-corrected chi connectivity index (χ3v) is 2.98. The highest BCUT2D eigenvalue weighted by atomic mass is 127. The van der Waals surface area contributed by atoms with Gasteiger partial charge in [0.25, 0.3) is 11.7 Å². The van der Waals surface area contributed by atoms with Crippen LogP contribution in [0.1, 0.15) is 22.3 Å². The van der Waals surface area contributed by atoms with Crippen molar-refractivity contribution in [2.75, 3.05) is 0 Å². The van der Waals surface area contributed by atoms with E-state index in [2.05, 4.69) is 4.98 Å². The predicted molar refractivity (Wildman–Crippen MR) is 58.7 cm³/mol. The second-order valence-electron chi connectivity index (χ2n) is 2.56. The topological polar surface area (TPSA) is 73.1 Å². The number of carbonyl (C=O) groups excluding carboxylic acids is 1. The van der Waals surface area contributed by atoms with E-state index >= 15 is 0 Å². The van der Waals surface area contributed by atoms with Crippen LogP contribution in [0.4, 0.5) is 14.6 Å². The van der Waals surface area contributed by atoms with Crippen molar-refractivity contribution in [2.24, 2.45) is 0 Å². The first-order valence-corrected chi connectivity index (χ1v) is 5.12. The fourth-order valence-electron chi connectivity index (χ4n) is 0.959. The molecule has 0 aliphatic rings. The zero-order valence-corrected chi connectivity index (χ0v) is 10.2. The normalized spacial score (nSPS) is 10.6. The summed E-state index contributed by atoms with van der Waals surface area (Å²) in [6.45, 7) is 0. The molecule has 1 heterocycles. The van der Waals surface area contributed by atoms with E-state index in [0.717, 1.165) is 0 Å². The lowest BCUT2D eigenvalue weighted by Gasteiger charge is -2.04. The summed E-state index contributed by atoms with van der Waals surface area (Å²) >= 11 is 6.50. The fourth-order valence-corrected chi connectivity index (χ4v) is 2.16. The van der Waals surface area contributed by atoms with E-state index < -0.39 is 33.5 Å². The van der Waals surface area contributed by atoms with Gasteiger partial charge in [-0.1, -0.05) is 0 Å². The highest BCUT2D eigenvalue weighted by Crippen LogP contribution is 2.31. The minimum absolute atomic E-state index is 0.255. The molecule has 0 aliphatic carbocycles. The molecule has 0 bridgehead atoms. The van der Waals surface area contributed by atoms with Crippen molar-refractivity contribution in [3.63, 3.8) is 0 Å². The molecule has 0 amide bonds. The van der Waals surface area contributed by atoms with Gasteiger partial charge >= 0.3 is 5.82 Å². The monoisotopic (exact) mass is 362 g/mol. The maximum atomic E-state index is 12.4. The Morgan fingerprint density at radius 3 is 2.56 bits per heavy atom. The molecule has 0 fully saturated rings. The maximum absolute atomic E-state index is 12.4. The molecule has 0 atom stereocenters. The molecular weight excluding hydrogens is 360 g/mol. The second-order valence-corrected chi connectivity index (χ2v) is 3.98. The van der Waals surface area contributed by atoms with Gasteiger partial charge in [-0.2, -0.15) is 0 Å². The summed E-state index contributed by atoms with van der Waals surface area (Å²) in [6.07, 6.45) is -2.22. The summed E-state index contributed by atoms with van der Waals surface area (Å²) in [5, 5.41) is 9.31. The van der Waals surface area contributed by atoms with Crippen molar-refractivity contribution in [3.8, 4) is 0 Å². The Morgan fingerprint density at radius 1 is 1.62 bits per heavy atom. The molecule has 9 heteroatoms. The van der Waals surface area contributed by atoms with Crippen LogP contribution in [-0.4, -0.2) is 15.1 Å². The van der Waals surface area contributed by atoms with Crippen molar-refractivity contribution >= 4 is 45.3 Å². The van der Waals surface area contributed by atoms with E-state index in [9.17, 15) is 23.7 Å². The van der Waals surface area contributed by atoms with Crippen LogP contribution in [0.5, 0.6) is 0 Å². The third-order valence-electron chi connectivity index (χ3n) is 1.63. The van der Waals surface area contributed by atoms with E-state index in [1.54, 1.807) is 0 Å². The minimum atomic E-state index is -2.88. The van der Waals surface area contributed by atoms with Gasteiger partial charge in [-0.3, -0.25) is 4.79 Å². The Balaban J connectivity index is 3.54. The Bertz CT molecular complexity index is 469. The third kappa shape index (κ3) is 2.43. The Hall–Kier alpha value is -0.900. The molecule has 0 radical (unpaired) electrons. The fraction of sp³-hybridized carbons (Fsp3) is 0.143. The summed E-state index contributed by atoms with van der Waals surface area (Å²) < 4.78 is 24.6. The molecule has 0 unspecified atom stereocenters. The molecular formula is C7H2ClF2IN2O3. The zero-order chi connectivity index (χ0) is 12.5. The van der Waals surface area contributed by atoms with Gasteiger partial charge in [-0.05, 0) is 44.1 Å². The molecule has 1 rings (SSSR count). The molecule has 0 saturated heterocycles. The number of halogens is 4. The molecule has 1 aromatic rings. The highest BCUT2D eigenvalue weighted by molar-refractivity contribution is 14.1. The smallest absolute Gasteiger partial charge is 0.358 e. The van der Waals surface area contributed by atoms with Gasteiger partial charge in [0.15, 0.2) is 0 Å². The lowest BCUT2D eigenvalue weighted by molar-refractivity contribution is -0.389. The number of rotatable bonds is 3. The van der Waals surface area contributed by atoms with Gasteiger partial charge in [0, 0.05) is 3.57 Å². The quantitative estimate of drug-likeness (QED) is 0.359. The van der Waals surface area contributed by atoms with E-state index in [4.69, 9.17) is 11.6 Å². The summed E-state index contributed by atoms with van der Waals surface area (Å²) in [5.41, 5.74) is -1.17. The second kappa shape index (κ2) is 4.95. The van der Waals surface area contributed by atoms with Crippen molar-refractivity contribution in [2.45, 2.75) is 6.43 Å². The van der Waals surface area contributed by atoms with Crippen molar-refractivity contribution in [1.82, 2.24) is 4.98 Å². The minimum Gasteiger partial charge on any atom is -0.358 e. The van der Waals surface area contributed by atoms with Crippen LogP contribution < -0.4 is 0 Å². The van der Waals surface area contributed by atoms with Gasteiger partial charge in [0.05, 0.1) is 5.56 Å². The van der Waals surface area contributed by atoms with Crippen LogP contribution in [0, 0.1) is 13.7 Å². The summed E-state index contributed by atoms with van der Waals surface area (Å²) in [6, 6.07) is 0. The number of pyridine rings is 1. The number of aromatic nitrogens is 1.